The minimum atomic E-state index is -4.03. The van der Waals surface area contributed by atoms with Crippen LogP contribution in [0.1, 0.15) is 5.56 Å². The van der Waals surface area contributed by atoms with Gasteiger partial charge in [-0.05, 0) is 31.0 Å². The molecule has 0 amide bonds. The van der Waals surface area contributed by atoms with Crippen molar-refractivity contribution in [3.8, 4) is 0 Å². The van der Waals surface area contributed by atoms with E-state index in [9.17, 15) is 17.2 Å². The first-order valence-corrected chi connectivity index (χ1v) is 8.41. The Morgan fingerprint density at radius 1 is 1.32 bits per heavy atom. The van der Waals surface area contributed by atoms with Gasteiger partial charge in [0.1, 0.15) is 4.90 Å². The molecule has 0 heterocycles. The predicted molar refractivity (Wildman–Crippen MR) is 72.7 cm³/mol. The van der Waals surface area contributed by atoms with Gasteiger partial charge < -0.3 is 5.32 Å². The van der Waals surface area contributed by atoms with Crippen molar-refractivity contribution in [2.24, 2.45) is 0 Å². The molecule has 0 saturated heterocycles. The molecular formula is C11H16F2N2O2S2. The largest absolute Gasteiger partial charge is 0.316 e. The molecule has 0 fully saturated rings. The van der Waals surface area contributed by atoms with E-state index < -0.39 is 26.6 Å². The fourth-order valence-corrected chi connectivity index (χ4v) is 3.08. The SMILES string of the molecule is CNCc1cc(F)c(F)c(S(=O)(=O)NCCSC)c1. The zero-order valence-corrected chi connectivity index (χ0v) is 12.3. The van der Waals surface area contributed by atoms with Crippen LogP contribution in [0.4, 0.5) is 8.78 Å². The molecule has 0 bridgehead atoms. The molecule has 1 aromatic rings. The number of hydrogen-bond donors (Lipinski definition) is 2. The minimum absolute atomic E-state index is 0.167. The van der Waals surface area contributed by atoms with Gasteiger partial charge in [0, 0.05) is 18.8 Å². The predicted octanol–water partition coefficient (Wildman–Crippen LogP) is 1.33. The molecule has 0 aliphatic carbocycles. The zero-order valence-electron chi connectivity index (χ0n) is 10.7. The highest BCUT2D eigenvalue weighted by atomic mass is 32.2. The van der Waals surface area contributed by atoms with Gasteiger partial charge in [-0.3, -0.25) is 0 Å². The number of halogens is 2. The molecule has 8 heteroatoms. The van der Waals surface area contributed by atoms with Gasteiger partial charge in [-0.2, -0.15) is 11.8 Å². The Balaban J connectivity index is 3.10. The van der Waals surface area contributed by atoms with Crippen molar-refractivity contribution >= 4 is 21.8 Å². The van der Waals surface area contributed by atoms with Crippen molar-refractivity contribution in [3.05, 3.63) is 29.3 Å². The number of thioether (sulfide) groups is 1. The maximum absolute atomic E-state index is 13.6. The first kappa shape index (κ1) is 16.4. The molecule has 0 atom stereocenters. The van der Waals surface area contributed by atoms with Crippen LogP contribution in [0.3, 0.4) is 0 Å². The summed E-state index contributed by atoms with van der Waals surface area (Å²) in [5.41, 5.74) is 0.367. The van der Waals surface area contributed by atoms with Gasteiger partial charge in [0.2, 0.25) is 10.0 Å². The standard InChI is InChI=1S/C11H16F2N2O2S2/c1-14-7-8-5-9(12)11(13)10(6-8)19(16,17)15-3-4-18-2/h5-6,14-15H,3-4,7H2,1-2H3. The summed E-state index contributed by atoms with van der Waals surface area (Å²) in [5.74, 6) is -1.96. The quantitative estimate of drug-likeness (QED) is 0.746. The Morgan fingerprint density at radius 2 is 2.00 bits per heavy atom. The van der Waals surface area contributed by atoms with Crippen LogP contribution in [0.15, 0.2) is 17.0 Å². The maximum Gasteiger partial charge on any atom is 0.243 e. The second-order valence-electron chi connectivity index (χ2n) is 3.81. The van der Waals surface area contributed by atoms with Crippen LogP contribution in [-0.2, 0) is 16.6 Å². The summed E-state index contributed by atoms with van der Waals surface area (Å²) in [6.45, 7) is 0.422. The molecule has 0 aliphatic heterocycles. The van der Waals surface area contributed by atoms with E-state index in [2.05, 4.69) is 10.0 Å². The number of rotatable bonds is 7. The van der Waals surface area contributed by atoms with Gasteiger partial charge in [0.25, 0.3) is 0 Å². The van der Waals surface area contributed by atoms with E-state index in [4.69, 9.17) is 0 Å². The molecule has 108 valence electrons. The average Bonchev–Trinajstić information content (AvgIpc) is 2.34. The number of hydrogen-bond acceptors (Lipinski definition) is 4. The van der Waals surface area contributed by atoms with Gasteiger partial charge in [0.05, 0.1) is 0 Å². The normalized spacial score (nSPS) is 11.8. The van der Waals surface area contributed by atoms with Crippen LogP contribution in [0.5, 0.6) is 0 Å². The molecule has 2 N–H and O–H groups in total. The Kier molecular flexibility index (Phi) is 6.18. The highest BCUT2D eigenvalue weighted by molar-refractivity contribution is 7.98. The Hall–Kier alpha value is -0.700. The molecule has 0 saturated carbocycles. The summed E-state index contributed by atoms with van der Waals surface area (Å²) in [6.07, 6.45) is 1.82. The van der Waals surface area contributed by atoms with Crippen molar-refractivity contribution in [1.29, 1.82) is 0 Å². The second kappa shape index (κ2) is 7.18. The average molecular weight is 310 g/mol. The zero-order chi connectivity index (χ0) is 14.5. The summed E-state index contributed by atoms with van der Waals surface area (Å²) in [5, 5.41) is 2.75. The van der Waals surface area contributed by atoms with Crippen LogP contribution in [0.2, 0.25) is 0 Å². The lowest BCUT2D eigenvalue weighted by Crippen LogP contribution is -2.27. The van der Waals surface area contributed by atoms with Crippen LogP contribution in [0, 0.1) is 11.6 Å². The van der Waals surface area contributed by atoms with E-state index >= 15 is 0 Å². The number of benzene rings is 1. The fourth-order valence-electron chi connectivity index (χ4n) is 1.47. The summed E-state index contributed by atoms with van der Waals surface area (Å²) in [4.78, 5) is -0.654. The van der Waals surface area contributed by atoms with Gasteiger partial charge in [-0.25, -0.2) is 21.9 Å². The highest BCUT2D eigenvalue weighted by Gasteiger charge is 2.22. The first-order valence-electron chi connectivity index (χ1n) is 5.53. The van der Waals surface area contributed by atoms with E-state index in [1.807, 2.05) is 6.26 Å². The molecule has 4 nitrogen and oxygen atoms in total. The van der Waals surface area contributed by atoms with Crippen molar-refractivity contribution < 1.29 is 17.2 Å². The van der Waals surface area contributed by atoms with E-state index in [1.165, 1.54) is 11.8 Å². The van der Waals surface area contributed by atoms with E-state index in [0.29, 0.717) is 11.3 Å². The van der Waals surface area contributed by atoms with Crippen molar-refractivity contribution in [3.63, 3.8) is 0 Å². The maximum atomic E-state index is 13.6. The Morgan fingerprint density at radius 3 is 2.58 bits per heavy atom. The third-order valence-corrected chi connectivity index (χ3v) is 4.40. The third kappa shape index (κ3) is 4.41. The summed E-state index contributed by atoms with van der Waals surface area (Å²) in [7, 11) is -2.40. The van der Waals surface area contributed by atoms with Crippen molar-refractivity contribution in [2.45, 2.75) is 11.4 Å². The summed E-state index contributed by atoms with van der Waals surface area (Å²) >= 11 is 1.45. The van der Waals surface area contributed by atoms with Crippen LogP contribution in [0.25, 0.3) is 0 Å². The summed E-state index contributed by atoms with van der Waals surface area (Å²) < 4.78 is 53.0. The van der Waals surface area contributed by atoms with Crippen molar-refractivity contribution in [1.82, 2.24) is 10.0 Å². The smallest absolute Gasteiger partial charge is 0.243 e. The Labute approximate surface area is 116 Å². The fraction of sp³-hybridized carbons (Fsp3) is 0.455. The number of nitrogens with one attached hydrogen (secondary N) is 2. The molecule has 1 aromatic carbocycles. The molecule has 0 unspecified atom stereocenters. The molecule has 0 aromatic heterocycles. The molecule has 0 radical (unpaired) electrons. The Bertz CT molecular complexity index is 536. The van der Waals surface area contributed by atoms with Crippen LogP contribution >= 0.6 is 11.8 Å². The third-order valence-electron chi connectivity index (χ3n) is 2.32. The lowest BCUT2D eigenvalue weighted by Gasteiger charge is -2.10. The van der Waals surface area contributed by atoms with E-state index in [1.54, 1.807) is 7.05 Å². The highest BCUT2D eigenvalue weighted by Crippen LogP contribution is 2.19. The molecule has 19 heavy (non-hydrogen) atoms. The molecule has 0 aliphatic rings. The topological polar surface area (TPSA) is 58.2 Å². The lowest BCUT2D eigenvalue weighted by molar-refractivity contribution is 0.481. The molecule has 1 rings (SSSR count). The van der Waals surface area contributed by atoms with Gasteiger partial charge in [-0.15, -0.1) is 0 Å². The van der Waals surface area contributed by atoms with E-state index in [-0.39, 0.29) is 13.1 Å². The molecule has 0 spiro atoms. The molecular weight excluding hydrogens is 294 g/mol. The van der Waals surface area contributed by atoms with E-state index in [0.717, 1.165) is 12.1 Å². The monoisotopic (exact) mass is 310 g/mol. The van der Waals surface area contributed by atoms with Crippen LogP contribution < -0.4 is 10.0 Å². The first-order chi connectivity index (χ1) is 8.92. The summed E-state index contributed by atoms with van der Waals surface area (Å²) in [6, 6.07) is 2.11. The van der Waals surface area contributed by atoms with Gasteiger partial charge in [0.15, 0.2) is 11.6 Å². The number of sulfonamides is 1. The van der Waals surface area contributed by atoms with Crippen molar-refractivity contribution in [2.75, 3.05) is 25.6 Å². The minimum Gasteiger partial charge on any atom is -0.316 e. The van der Waals surface area contributed by atoms with Crippen LogP contribution in [-0.4, -0.2) is 34.0 Å². The van der Waals surface area contributed by atoms with Gasteiger partial charge in [-0.1, -0.05) is 0 Å². The second-order valence-corrected chi connectivity index (χ2v) is 6.53. The van der Waals surface area contributed by atoms with Gasteiger partial charge >= 0.3 is 0 Å². The lowest BCUT2D eigenvalue weighted by atomic mass is 10.2.